The highest BCUT2D eigenvalue weighted by molar-refractivity contribution is 7.21. The SMILES string of the molecule is Bc1ccc2nc(-c3ccc(N(C)C)cc3)sc2c1. The topological polar surface area (TPSA) is 16.1 Å². The van der Waals surface area contributed by atoms with Gasteiger partial charge in [0.1, 0.15) is 12.9 Å². The Morgan fingerprint density at radius 2 is 1.79 bits per heavy atom. The summed E-state index contributed by atoms with van der Waals surface area (Å²) in [6.45, 7) is 0. The van der Waals surface area contributed by atoms with E-state index in [1.807, 2.05) is 0 Å². The van der Waals surface area contributed by atoms with Crippen LogP contribution in [0.2, 0.25) is 0 Å². The van der Waals surface area contributed by atoms with E-state index in [1.54, 1.807) is 11.3 Å². The van der Waals surface area contributed by atoms with E-state index < -0.39 is 0 Å². The van der Waals surface area contributed by atoms with Crippen molar-refractivity contribution < 1.29 is 0 Å². The van der Waals surface area contributed by atoms with E-state index in [-0.39, 0.29) is 0 Å². The van der Waals surface area contributed by atoms with E-state index >= 15 is 0 Å². The summed E-state index contributed by atoms with van der Waals surface area (Å²) in [5.74, 6) is 0. The van der Waals surface area contributed by atoms with Gasteiger partial charge in [0.05, 0.1) is 10.2 Å². The Kier molecular flexibility index (Phi) is 3.03. The third-order valence-corrected chi connectivity index (χ3v) is 4.24. The maximum absolute atomic E-state index is 4.70. The third-order valence-electron chi connectivity index (χ3n) is 3.17. The van der Waals surface area contributed by atoms with Gasteiger partial charge in [-0.1, -0.05) is 11.5 Å². The number of hydrogen-bond donors (Lipinski definition) is 0. The van der Waals surface area contributed by atoms with Crippen molar-refractivity contribution >= 4 is 40.5 Å². The van der Waals surface area contributed by atoms with Crippen LogP contribution in [0, 0.1) is 0 Å². The molecule has 1 heterocycles. The summed E-state index contributed by atoms with van der Waals surface area (Å²) >= 11 is 1.75. The first-order valence-electron chi connectivity index (χ1n) is 6.28. The van der Waals surface area contributed by atoms with Gasteiger partial charge in [0.2, 0.25) is 0 Å². The first kappa shape index (κ1) is 12.2. The van der Waals surface area contributed by atoms with Gasteiger partial charge in [-0.15, -0.1) is 11.3 Å². The first-order valence-corrected chi connectivity index (χ1v) is 7.10. The van der Waals surface area contributed by atoms with E-state index in [0.717, 1.165) is 10.5 Å². The number of hydrogen-bond acceptors (Lipinski definition) is 3. The Morgan fingerprint density at radius 1 is 1.05 bits per heavy atom. The Balaban J connectivity index is 2.03. The minimum Gasteiger partial charge on any atom is -0.378 e. The second kappa shape index (κ2) is 4.70. The Morgan fingerprint density at radius 3 is 2.47 bits per heavy atom. The van der Waals surface area contributed by atoms with Crippen molar-refractivity contribution in [2.75, 3.05) is 19.0 Å². The zero-order valence-electron chi connectivity index (χ0n) is 11.3. The summed E-state index contributed by atoms with van der Waals surface area (Å²) in [5, 5.41) is 1.09. The molecule has 0 bridgehead atoms. The van der Waals surface area contributed by atoms with Gasteiger partial charge in [0, 0.05) is 25.3 Å². The molecule has 0 radical (unpaired) electrons. The molecule has 94 valence electrons. The van der Waals surface area contributed by atoms with Gasteiger partial charge in [-0.2, -0.15) is 0 Å². The summed E-state index contributed by atoms with van der Waals surface area (Å²) in [7, 11) is 6.22. The third kappa shape index (κ3) is 2.36. The molecule has 0 unspecified atom stereocenters. The lowest BCUT2D eigenvalue weighted by Crippen LogP contribution is -2.07. The molecule has 3 rings (SSSR count). The summed E-state index contributed by atoms with van der Waals surface area (Å²) < 4.78 is 1.26. The molecule has 3 aromatic rings. The number of thiazole rings is 1. The van der Waals surface area contributed by atoms with Crippen molar-refractivity contribution in [2.45, 2.75) is 0 Å². The van der Waals surface area contributed by atoms with Crippen molar-refractivity contribution in [3.05, 3.63) is 42.5 Å². The molecule has 4 heteroatoms. The largest absolute Gasteiger partial charge is 0.378 e. The van der Waals surface area contributed by atoms with Crippen LogP contribution >= 0.6 is 11.3 Å². The van der Waals surface area contributed by atoms with Crippen LogP contribution in [-0.2, 0) is 0 Å². The average molecular weight is 266 g/mol. The normalized spacial score (nSPS) is 10.8. The number of benzene rings is 2. The molecule has 0 spiro atoms. The van der Waals surface area contributed by atoms with Crippen LogP contribution in [0.3, 0.4) is 0 Å². The average Bonchev–Trinajstić information content (AvgIpc) is 2.81. The lowest BCUT2D eigenvalue weighted by Gasteiger charge is -2.11. The lowest BCUT2D eigenvalue weighted by atomic mass is 9.97. The Bertz CT molecular complexity index is 717. The minimum absolute atomic E-state index is 1.09. The van der Waals surface area contributed by atoms with Gasteiger partial charge in [-0.3, -0.25) is 0 Å². The minimum atomic E-state index is 1.09. The maximum Gasteiger partial charge on any atom is 0.139 e. The number of rotatable bonds is 2. The monoisotopic (exact) mass is 266 g/mol. The van der Waals surface area contributed by atoms with E-state index in [0.29, 0.717) is 0 Å². The van der Waals surface area contributed by atoms with Crippen LogP contribution < -0.4 is 10.4 Å². The molecule has 0 aliphatic heterocycles. The second-order valence-electron chi connectivity index (χ2n) is 4.93. The van der Waals surface area contributed by atoms with Crippen LogP contribution in [0.1, 0.15) is 0 Å². The van der Waals surface area contributed by atoms with Crippen LogP contribution in [-0.4, -0.2) is 26.9 Å². The quantitative estimate of drug-likeness (QED) is 0.661. The number of aromatic nitrogens is 1. The predicted octanol–water partition coefficient (Wildman–Crippen LogP) is 2.29. The fourth-order valence-corrected chi connectivity index (χ4v) is 3.13. The van der Waals surface area contributed by atoms with Gasteiger partial charge in [0.25, 0.3) is 0 Å². The smallest absolute Gasteiger partial charge is 0.139 e. The highest BCUT2D eigenvalue weighted by atomic mass is 32.1. The first-order chi connectivity index (χ1) is 9.13. The molecule has 0 saturated heterocycles. The molecule has 0 saturated carbocycles. The van der Waals surface area contributed by atoms with E-state index in [9.17, 15) is 0 Å². The van der Waals surface area contributed by atoms with Gasteiger partial charge >= 0.3 is 0 Å². The maximum atomic E-state index is 4.70. The van der Waals surface area contributed by atoms with Crippen molar-refractivity contribution in [1.82, 2.24) is 4.98 Å². The standard InChI is InChI=1S/C15H15BN2S/c1-18(2)12-6-3-10(4-7-12)15-17-13-8-5-11(16)9-14(13)19-15/h3-9H,16H2,1-2H3. The zero-order valence-corrected chi connectivity index (χ0v) is 12.2. The summed E-state index contributed by atoms with van der Waals surface area (Å²) in [6, 6.07) is 14.9. The molecular weight excluding hydrogens is 251 g/mol. The molecular formula is C15H15BN2S. The van der Waals surface area contributed by atoms with Gasteiger partial charge in [0.15, 0.2) is 0 Å². The van der Waals surface area contributed by atoms with E-state index in [4.69, 9.17) is 4.98 Å². The molecule has 0 aliphatic carbocycles. The van der Waals surface area contributed by atoms with Crippen LogP contribution in [0.4, 0.5) is 5.69 Å². The lowest BCUT2D eigenvalue weighted by molar-refractivity contribution is 1.13. The van der Waals surface area contributed by atoms with E-state index in [2.05, 4.69) is 69.3 Å². The number of anilines is 1. The number of nitrogens with zero attached hydrogens (tertiary/aromatic N) is 2. The summed E-state index contributed by atoms with van der Waals surface area (Å²) in [5.41, 5.74) is 4.76. The highest BCUT2D eigenvalue weighted by Gasteiger charge is 2.06. The zero-order chi connectivity index (χ0) is 13.4. The Hall–Kier alpha value is -1.81. The van der Waals surface area contributed by atoms with Gasteiger partial charge in [-0.05, 0) is 36.4 Å². The second-order valence-corrected chi connectivity index (χ2v) is 5.96. The molecule has 1 aromatic heterocycles. The molecule has 0 atom stereocenters. The van der Waals surface area contributed by atoms with E-state index in [1.165, 1.54) is 21.4 Å². The van der Waals surface area contributed by atoms with Crippen molar-refractivity contribution in [2.24, 2.45) is 0 Å². The van der Waals surface area contributed by atoms with Crippen molar-refractivity contribution in [3.63, 3.8) is 0 Å². The van der Waals surface area contributed by atoms with Crippen LogP contribution in [0.25, 0.3) is 20.8 Å². The van der Waals surface area contributed by atoms with Crippen molar-refractivity contribution in [1.29, 1.82) is 0 Å². The molecule has 0 amide bonds. The van der Waals surface area contributed by atoms with Crippen LogP contribution in [0.15, 0.2) is 42.5 Å². The number of fused-ring (bicyclic) bond motifs is 1. The fourth-order valence-electron chi connectivity index (χ4n) is 2.06. The Labute approximate surface area is 118 Å². The molecule has 19 heavy (non-hydrogen) atoms. The summed E-state index contributed by atoms with van der Waals surface area (Å²) in [4.78, 5) is 6.81. The summed E-state index contributed by atoms with van der Waals surface area (Å²) in [6.07, 6.45) is 0. The van der Waals surface area contributed by atoms with Crippen molar-refractivity contribution in [3.8, 4) is 10.6 Å². The van der Waals surface area contributed by atoms with Gasteiger partial charge in [-0.25, -0.2) is 4.98 Å². The molecule has 2 aromatic carbocycles. The molecule has 0 aliphatic rings. The highest BCUT2D eigenvalue weighted by Crippen LogP contribution is 2.30. The fraction of sp³-hybridized carbons (Fsp3) is 0.133. The van der Waals surface area contributed by atoms with Crippen LogP contribution in [0.5, 0.6) is 0 Å². The molecule has 2 nitrogen and oxygen atoms in total. The van der Waals surface area contributed by atoms with Gasteiger partial charge < -0.3 is 4.90 Å². The molecule has 0 fully saturated rings. The predicted molar refractivity (Wildman–Crippen MR) is 87.6 cm³/mol. The molecule has 0 N–H and O–H groups in total.